The molecule has 3 aromatic carbocycles. The van der Waals surface area contributed by atoms with Gasteiger partial charge in [0.1, 0.15) is 24.2 Å². The normalized spacial score (nSPS) is 12.4. The van der Waals surface area contributed by atoms with Crippen molar-refractivity contribution in [3.8, 4) is 5.75 Å². The van der Waals surface area contributed by atoms with Gasteiger partial charge in [-0.25, -0.2) is 12.8 Å². The van der Waals surface area contributed by atoms with E-state index in [9.17, 15) is 22.4 Å². The molecule has 0 saturated carbocycles. The Morgan fingerprint density at radius 1 is 0.975 bits per heavy atom. The van der Waals surface area contributed by atoms with Crippen LogP contribution in [0.2, 0.25) is 0 Å². The summed E-state index contributed by atoms with van der Waals surface area (Å²) in [6.07, 6.45) is 0. The lowest BCUT2D eigenvalue weighted by atomic mass is 10.1. The number of benzene rings is 3. The topological polar surface area (TPSA) is 96.0 Å². The minimum Gasteiger partial charge on any atom is -0.497 e. The number of carbonyl (C=O) groups excluding carboxylic acids is 2. The summed E-state index contributed by atoms with van der Waals surface area (Å²) in [5.41, 5.74) is 0.710. The Morgan fingerprint density at radius 2 is 1.57 bits per heavy atom. The summed E-state index contributed by atoms with van der Waals surface area (Å²) in [7, 11) is -2.81. The molecule has 0 saturated heterocycles. The zero-order valence-corrected chi connectivity index (χ0v) is 24.5. The lowest BCUT2D eigenvalue weighted by Crippen LogP contribution is -2.54. The maximum atomic E-state index is 15.0. The SMILES string of the molecule is COc1ccc(CN(C(=O)CN(c2ccccc2F)S(=O)(=O)c2ccc(C)cc2)[C@@H](C)C(=O)NC(C)(C)C)cc1. The first-order valence-electron chi connectivity index (χ1n) is 12.8. The highest BCUT2D eigenvalue weighted by Crippen LogP contribution is 2.27. The van der Waals surface area contributed by atoms with Gasteiger partial charge in [0, 0.05) is 12.1 Å². The van der Waals surface area contributed by atoms with Crippen molar-refractivity contribution in [2.45, 2.75) is 57.6 Å². The Balaban J connectivity index is 2.04. The highest BCUT2D eigenvalue weighted by molar-refractivity contribution is 7.92. The van der Waals surface area contributed by atoms with Crippen LogP contribution in [0, 0.1) is 12.7 Å². The summed E-state index contributed by atoms with van der Waals surface area (Å²) in [4.78, 5) is 28.2. The molecule has 2 amide bonds. The molecule has 0 bridgehead atoms. The van der Waals surface area contributed by atoms with Crippen LogP contribution in [0.3, 0.4) is 0 Å². The molecule has 0 aliphatic rings. The fourth-order valence-electron chi connectivity index (χ4n) is 3.99. The fourth-order valence-corrected chi connectivity index (χ4v) is 5.41. The number of nitrogens with zero attached hydrogens (tertiary/aromatic N) is 2. The Morgan fingerprint density at radius 3 is 2.12 bits per heavy atom. The number of nitrogens with one attached hydrogen (secondary N) is 1. The number of carbonyl (C=O) groups is 2. The molecule has 0 radical (unpaired) electrons. The van der Waals surface area contributed by atoms with Gasteiger partial charge < -0.3 is 15.0 Å². The van der Waals surface area contributed by atoms with Crippen molar-refractivity contribution in [1.29, 1.82) is 0 Å². The van der Waals surface area contributed by atoms with Crippen LogP contribution in [0.5, 0.6) is 5.75 Å². The van der Waals surface area contributed by atoms with Gasteiger partial charge in [0.05, 0.1) is 17.7 Å². The van der Waals surface area contributed by atoms with Crippen molar-refractivity contribution < 1.29 is 27.1 Å². The molecule has 40 heavy (non-hydrogen) atoms. The minimum atomic E-state index is -4.35. The molecule has 0 aliphatic heterocycles. The number of rotatable bonds is 10. The average Bonchev–Trinajstić information content (AvgIpc) is 2.90. The van der Waals surface area contributed by atoms with Gasteiger partial charge in [0.2, 0.25) is 11.8 Å². The molecule has 0 aliphatic carbocycles. The fraction of sp³-hybridized carbons (Fsp3) is 0.333. The first kappa shape index (κ1) is 30.6. The number of halogens is 1. The van der Waals surface area contributed by atoms with E-state index in [0.717, 1.165) is 15.9 Å². The Bertz CT molecular complexity index is 1440. The van der Waals surface area contributed by atoms with Crippen molar-refractivity contribution in [3.63, 3.8) is 0 Å². The number of sulfonamides is 1. The zero-order chi connectivity index (χ0) is 29.7. The molecular weight excluding hydrogens is 533 g/mol. The summed E-state index contributed by atoms with van der Waals surface area (Å²) >= 11 is 0. The number of methoxy groups -OCH3 is 1. The number of hydrogen-bond acceptors (Lipinski definition) is 5. The third-order valence-corrected chi connectivity index (χ3v) is 7.96. The maximum Gasteiger partial charge on any atom is 0.264 e. The van der Waals surface area contributed by atoms with Gasteiger partial charge in [-0.2, -0.15) is 0 Å². The number of hydrogen-bond donors (Lipinski definition) is 1. The van der Waals surface area contributed by atoms with Crippen LogP contribution in [-0.2, 0) is 26.2 Å². The monoisotopic (exact) mass is 569 g/mol. The third-order valence-electron chi connectivity index (χ3n) is 6.19. The molecule has 3 rings (SSSR count). The number of ether oxygens (including phenoxy) is 1. The van der Waals surface area contributed by atoms with E-state index in [1.54, 1.807) is 43.3 Å². The van der Waals surface area contributed by atoms with E-state index in [-0.39, 0.29) is 17.1 Å². The van der Waals surface area contributed by atoms with Gasteiger partial charge in [-0.15, -0.1) is 0 Å². The molecule has 0 heterocycles. The van der Waals surface area contributed by atoms with Crippen molar-refractivity contribution in [2.24, 2.45) is 0 Å². The minimum absolute atomic E-state index is 0.0112. The molecule has 1 N–H and O–H groups in total. The second-order valence-corrected chi connectivity index (χ2v) is 12.4. The molecule has 1 atom stereocenters. The van der Waals surface area contributed by atoms with Crippen LogP contribution in [0.1, 0.15) is 38.8 Å². The summed E-state index contributed by atoms with van der Waals surface area (Å²) in [5.74, 6) is -1.26. The van der Waals surface area contributed by atoms with Gasteiger partial charge in [-0.05, 0) is 76.6 Å². The van der Waals surface area contributed by atoms with E-state index in [1.807, 2.05) is 27.7 Å². The third kappa shape index (κ3) is 7.59. The first-order valence-corrected chi connectivity index (χ1v) is 14.3. The number of para-hydroxylation sites is 1. The molecule has 8 nitrogen and oxygen atoms in total. The van der Waals surface area contributed by atoms with Crippen molar-refractivity contribution in [3.05, 3.63) is 89.7 Å². The van der Waals surface area contributed by atoms with Gasteiger partial charge in [0.25, 0.3) is 10.0 Å². The largest absolute Gasteiger partial charge is 0.497 e. The van der Waals surface area contributed by atoms with Crippen molar-refractivity contribution >= 4 is 27.5 Å². The van der Waals surface area contributed by atoms with Crippen LogP contribution in [0.15, 0.2) is 77.7 Å². The van der Waals surface area contributed by atoms with E-state index in [0.29, 0.717) is 11.3 Å². The number of anilines is 1. The average molecular weight is 570 g/mol. The summed E-state index contributed by atoms with van der Waals surface area (Å²) < 4.78 is 48.5. The second kappa shape index (κ2) is 12.5. The van der Waals surface area contributed by atoms with Crippen molar-refractivity contribution in [1.82, 2.24) is 10.2 Å². The highest BCUT2D eigenvalue weighted by atomic mass is 32.2. The van der Waals surface area contributed by atoms with Crippen molar-refractivity contribution in [2.75, 3.05) is 18.0 Å². The van der Waals surface area contributed by atoms with Gasteiger partial charge >= 0.3 is 0 Å². The molecule has 0 fully saturated rings. The predicted octanol–water partition coefficient (Wildman–Crippen LogP) is 4.67. The Kier molecular flexibility index (Phi) is 9.57. The Hall–Kier alpha value is -3.92. The number of aryl methyl sites for hydroxylation is 1. The lowest BCUT2D eigenvalue weighted by molar-refractivity contribution is -0.140. The first-order chi connectivity index (χ1) is 18.7. The van der Waals surface area contributed by atoms with Crippen LogP contribution < -0.4 is 14.4 Å². The molecule has 0 unspecified atom stereocenters. The Labute approximate surface area is 235 Å². The highest BCUT2D eigenvalue weighted by Gasteiger charge is 2.34. The van der Waals surface area contributed by atoms with E-state index in [1.165, 1.54) is 42.3 Å². The van der Waals surface area contributed by atoms with Gasteiger partial charge in [0.15, 0.2) is 0 Å². The van der Waals surface area contributed by atoms with E-state index >= 15 is 0 Å². The molecule has 214 valence electrons. The molecular formula is C30H36FN3O5S. The van der Waals surface area contributed by atoms with E-state index < -0.39 is 45.8 Å². The molecule has 3 aromatic rings. The van der Waals surface area contributed by atoms with Crippen LogP contribution in [0.25, 0.3) is 0 Å². The predicted molar refractivity (Wildman–Crippen MR) is 153 cm³/mol. The summed E-state index contributed by atoms with van der Waals surface area (Å²) in [6, 6.07) is 17.5. The molecule has 0 spiro atoms. The smallest absolute Gasteiger partial charge is 0.264 e. The summed E-state index contributed by atoms with van der Waals surface area (Å²) in [6.45, 7) is 8.14. The van der Waals surface area contributed by atoms with E-state index in [2.05, 4.69) is 5.32 Å². The van der Waals surface area contributed by atoms with Crippen LogP contribution in [-0.4, -0.2) is 50.4 Å². The van der Waals surface area contributed by atoms with Gasteiger partial charge in [-0.3, -0.25) is 13.9 Å². The maximum absolute atomic E-state index is 15.0. The van der Waals surface area contributed by atoms with Crippen LogP contribution >= 0.6 is 0 Å². The lowest BCUT2D eigenvalue weighted by Gasteiger charge is -2.33. The summed E-state index contributed by atoms with van der Waals surface area (Å²) in [5, 5.41) is 2.87. The zero-order valence-electron chi connectivity index (χ0n) is 23.6. The standard InChI is InChI=1S/C30H36FN3O5S/c1-21-11-17-25(18-12-21)40(37,38)34(27-10-8-7-9-26(27)31)20-28(35)33(22(2)29(36)32-30(3,4)5)19-23-13-15-24(39-6)16-14-23/h7-18,22H,19-20H2,1-6H3,(H,32,36)/t22-/m0/s1. The second-order valence-electron chi connectivity index (χ2n) is 10.6. The number of amides is 2. The van der Waals surface area contributed by atoms with Gasteiger partial charge in [-0.1, -0.05) is 42.0 Å². The quantitative estimate of drug-likeness (QED) is 0.383. The van der Waals surface area contributed by atoms with Crippen LogP contribution in [0.4, 0.5) is 10.1 Å². The van der Waals surface area contributed by atoms with E-state index in [4.69, 9.17) is 4.74 Å². The molecule has 0 aromatic heterocycles. The molecule has 10 heteroatoms.